The molecule has 0 heterocycles. The molecule has 0 aliphatic rings. The average molecular weight is 410 g/mol. The van der Waals surface area contributed by atoms with Crippen molar-refractivity contribution < 1.29 is 17.9 Å². The lowest BCUT2D eigenvalue weighted by atomic mass is 10.00. The van der Waals surface area contributed by atoms with E-state index in [1.165, 1.54) is 22.4 Å². The summed E-state index contributed by atoms with van der Waals surface area (Å²) in [4.78, 5) is 0. The summed E-state index contributed by atoms with van der Waals surface area (Å²) in [5.41, 5.74) is 0.537. The molecule has 0 fully saturated rings. The van der Waals surface area contributed by atoms with Gasteiger partial charge in [-0.05, 0) is 54.4 Å². The van der Waals surface area contributed by atoms with Gasteiger partial charge < -0.3 is 10.1 Å². The second-order valence-corrected chi connectivity index (χ2v) is 6.47. The molecule has 0 radical (unpaired) electrons. The van der Waals surface area contributed by atoms with E-state index in [0.717, 1.165) is 12.1 Å². The van der Waals surface area contributed by atoms with Crippen LogP contribution in [-0.2, 0) is 6.18 Å². The molecule has 150 valence electrons. The first kappa shape index (κ1) is 22.1. The summed E-state index contributed by atoms with van der Waals surface area (Å²) in [6.07, 6.45) is -3.65. The molecule has 3 rings (SSSR count). The monoisotopic (exact) mass is 409 g/mol. The minimum Gasteiger partial charge on any atom is -0.494 e. The molecule has 0 spiro atoms. The van der Waals surface area contributed by atoms with E-state index in [2.05, 4.69) is 36.5 Å². The summed E-state index contributed by atoms with van der Waals surface area (Å²) >= 11 is 0. The Morgan fingerprint density at radius 1 is 0.964 bits per heavy atom. The predicted molar refractivity (Wildman–Crippen MR) is 109 cm³/mol. The van der Waals surface area contributed by atoms with Crippen LogP contribution in [0.1, 0.15) is 30.5 Å². The molecule has 1 N–H and O–H groups in total. The number of hydrogen-bond acceptors (Lipinski definition) is 2. The largest absolute Gasteiger partial charge is 0.494 e. The highest BCUT2D eigenvalue weighted by molar-refractivity contribution is 5.86. The van der Waals surface area contributed by atoms with E-state index >= 15 is 0 Å². The van der Waals surface area contributed by atoms with E-state index in [9.17, 15) is 13.2 Å². The first-order chi connectivity index (χ1) is 12.9. The Balaban J connectivity index is 0.00000280. The fourth-order valence-corrected chi connectivity index (χ4v) is 3.08. The zero-order valence-corrected chi connectivity index (χ0v) is 16.3. The van der Waals surface area contributed by atoms with Gasteiger partial charge in [0.25, 0.3) is 0 Å². The second-order valence-electron chi connectivity index (χ2n) is 6.47. The fraction of sp³-hybridized carbons (Fsp3) is 0.273. The van der Waals surface area contributed by atoms with E-state index < -0.39 is 11.7 Å². The maximum absolute atomic E-state index is 12.7. The van der Waals surface area contributed by atoms with Crippen LogP contribution in [0.15, 0.2) is 66.7 Å². The van der Waals surface area contributed by atoms with Crippen molar-refractivity contribution in [2.75, 3.05) is 13.2 Å². The van der Waals surface area contributed by atoms with Gasteiger partial charge in [0, 0.05) is 6.04 Å². The standard InChI is InChI=1S/C22H22F3NO.ClH/c1-16(20-12-4-8-17-7-2-3-11-21(17)20)26-13-6-14-27-19-10-5-9-18(15-19)22(23,24)25;/h2-5,7-12,15-16,26H,6,13-14H2,1H3;1H/t16-;/m1./s1. The fourth-order valence-electron chi connectivity index (χ4n) is 3.08. The van der Waals surface area contributed by atoms with Gasteiger partial charge in [0.05, 0.1) is 12.2 Å². The minimum atomic E-state index is -4.35. The van der Waals surface area contributed by atoms with E-state index in [0.29, 0.717) is 19.6 Å². The van der Waals surface area contributed by atoms with Crippen LogP contribution in [-0.4, -0.2) is 13.2 Å². The Kier molecular flexibility index (Phi) is 7.72. The smallest absolute Gasteiger partial charge is 0.416 e. The van der Waals surface area contributed by atoms with Crippen molar-refractivity contribution in [3.63, 3.8) is 0 Å². The number of fused-ring (bicyclic) bond motifs is 1. The molecule has 3 aromatic carbocycles. The van der Waals surface area contributed by atoms with Gasteiger partial charge in [-0.1, -0.05) is 48.5 Å². The number of rotatable bonds is 7. The van der Waals surface area contributed by atoms with E-state index in [1.807, 2.05) is 18.2 Å². The lowest BCUT2D eigenvalue weighted by Gasteiger charge is -2.17. The van der Waals surface area contributed by atoms with Gasteiger partial charge >= 0.3 is 6.18 Å². The molecular formula is C22H23ClF3NO. The maximum atomic E-state index is 12.7. The molecule has 0 saturated heterocycles. The summed E-state index contributed by atoms with van der Waals surface area (Å²) in [6, 6.07) is 19.7. The molecule has 0 amide bonds. The van der Waals surface area contributed by atoms with Crippen molar-refractivity contribution in [3.05, 3.63) is 77.9 Å². The van der Waals surface area contributed by atoms with Gasteiger partial charge in [0.15, 0.2) is 0 Å². The second kappa shape index (κ2) is 9.80. The van der Waals surface area contributed by atoms with Crippen molar-refractivity contribution in [1.82, 2.24) is 5.32 Å². The number of hydrogen-bond donors (Lipinski definition) is 1. The highest BCUT2D eigenvalue weighted by Crippen LogP contribution is 2.31. The highest BCUT2D eigenvalue weighted by atomic mass is 35.5. The molecule has 1 atom stereocenters. The number of benzene rings is 3. The van der Waals surface area contributed by atoms with Crippen molar-refractivity contribution in [2.45, 2.75) is 25.6 Å². The Morgan fingerprint density at radius 3 is 2.46 bits per heavy atom. The molecule has 6 heteroatoms. The van der Waals surface area contributed by atoms with Gasteiger partial charge in [0.1, 0.15) is 5.75 Å². The minimum absolute atomic E-state index is 0. The summed E-state index contributed by atoms with van der Waals surface area (Å²) in [5.74, 6) is 0.243. The number of ether oxygens (including phenoxy) is 1. The molecule has 2 nitrogen and oxygen atoms in total. The Morgan fingerprint density at radius 2 is 1.68 bits per heavy atom. The zero-order valence-electron chi connectivity index (χ0n) is 15.5. The van der Waals surface area contributed by atoms with Gasteiger partial charge in [-0.25, -0.2) is 0 Å². The lowest BCUT2D eigenvalue weighted by molar-refractivity contribution is -0.137. The van der Waals surface area contributed by atoms with Gasteiger partial charge in [0.2, 0.25) is 0 Å². The van der Waals surface area contributed by atoms with Gasteiger partial charge in [-0.2, -0.15) is 13.2 Å². The number of alkyl halides is 3. The van der Waals surface area contributed by atoms with Crippen LogP contribution in [0.3, 0.4) is 0 Å². The number of halogens is 4. The third kappa shape index (κ3) is 5.63. The quantitative estimate of drug-likeness (QED) is 0.456. The average Bonchev–Trinajstić information content (AvgIpc) is 2.66. The molecule has 28 heavy (non-hydrogen) atoms. The van der Waals surface area contributed by atoms with Gasteiger partial charge in [-0.3, -0.25) is 0 Å². The molecule has 0 aliphatic heterocycles. The SMILES string of the molecule is C[C@@H](NCCCOc1cccc(C(F)(F)F)c1)c1cccc2ccccc12.Cl. The van der Waals surface area contributed by atoms with Crippen molar-refractivity contribution >= 4 is 23.2 Å². The molecule has 0 aromatic heterocycles. The Hall–Kier alpha value is -2.24. The van der Waals surface area contributed by atoms with E-state index in [1.54, 1.807) is 6.07 Å². The Labute approximate surface area is 169 Å². The summed E-state index contributed by atoms with van der Waals surface area (Å²) in [7, 11) is 0. The van der Waals surface area contributed by atoms with Crippen molar-refractivity contribution in [2.24, 2.45) is 0 Å². The predicted octanol–water partition coefficient (Wildman–Crippen LogP) is 6.40. The zero-order chi connectivity index (χ0) is 19.3. The van der Waals surface area contributed by atoms with Gasteiger partial charge in [-0.15, -0.1) is 12.4 Å². The van der Waals surface area contributed by atoms with E-state index in [-0.39, 0.29) is 24.2 Å². The highest BCUT2D eigenvalue weighted by Gasteiger charge is 2.30. The molecule has 3 aromatic rings. The summed E-state index contributed by atoms with van der Waals surface area (Å²) in [5, 5.41) is 5.88. The van der Waals surface area contributed by atoms with Crippen molar-refractivity contribution in [3.8, 4) is 5.75 Å². The van der Waals surface area contributed by atoms with Crippen LogP contribution < -0.4 is 10.1 Å². The molecule has 0 bridgehead atoms. The van der Waals surface area contributed by atoms with Crippen LogP contribution in [0.2, 0.25) is 0 Å². The van der Waals surface area contributed by atoms with Crippen molar-refractivity contribution in [1.29, 1.82) is 0 Å². The van der Waals surface area contributed by atoms with E-state index in [4.69, 9.17) is 4.74 Å². The third-order valence-corrected chi connectivity index (χ3v) is 4.49. The summed E-state index contributed by atoms with van der Waals surface area (Å²) < 4.78 is 43.6. The molecular weight excluding hydrogens is 387 g/mol. The number of nitrogens with one attached hydrogen (secondary N) is 1. The summed E-state index contributed by atoms with van der Waals surface area (Å²) in [6.45, 7) is 3.18. The normalized spacial score (nSPS) is 12.4. The van der Waals surface area contributed by atoms with Crippen LogP contribution in [0.4, 0.5) is 13.2 Å². The van der Waals surface area contributed by atoms with Crippen LogP contribution in [0, 0.1) is 0 Å². The Bertz CT molecular complexity index is 893. The lowest BCUT2D eigenvalue weighted by Crippen LogP contribution is -2.21. The molecule has 0 saturated carbocycles. The van der Waals surface area contributed by atoms with Crippen LogP contribution in [0.5, 0.6) is 5.75 Å². The molecule has 0 unspecified atom stereocenters. The first-order valence-electron chi connectivity index (χ1n) is 8.96. The third-order valence-electron chi connectivity index (χ3n) is 4.49. The topological polar surface area (TPSA) is 21.3 Å². The van der Waals surface area contributed by atoms with Crippen LogP contribution in [0.25, 0.3) is 10.8 Å². The van der Waals surface area contributed by atoms with Crippen LogP contribution >= 0.6 is 12.4 Å². The maximum Gasteiger partial charge on any atom is 0.416 e. The first-order valence-corrected chi connectivity index (χ1v) is 8.96. The molecule has 0 aliphatic carbocycles.